The molecule has 2 aromatic carbocycles. The highest BCUT2D eigenvalue weighted by Gasteiger charge is 2.39. The fourth-order valence-electron chi connectivity index (χ4n) is 4.11. The summed E-state index contributed by atoms with van der Waals surface area (Å²) in [7, 11) is 0. The second-order valence-corrected chi connectivity index (χ2v) is 8.59. The van der Waals surface area contributed by atoms with E-state index in [1.165, 1.54) is 30.0 Å². The minimum absolute atomic E-state index is 0.0863. The Morgan fingerprint density at radius 2 is 1.86 bits per heavy atom. The molecule has 188 valence electrons. The number of carbonyl (C=O) groups excluding carboxylic acids is 2. The van der Waals surface area contributed by atoms with Gasteiger partial charge in [0.25, 0.3) is 0 Å². The van der Waals surface area contributed by atoms with Gasteiger partial charge in [-0.05, 0) is 55.7 Å². The van der Waals surface area contributed by atoms with Crippen LogP contribution in [0.25, 0.3) is 0 Å². The largest absolute Gasteiger partial charge is 0.487 e. The number of carbonyl (C=O) groups is 3. The number of carboxylic acids is 1. The second-order valence-electron chi connectivity index (χ2n) is 8.59. The SMILES string of the molecule is CC(=O)N1CC(c2ccc(OC(F)F)c(OC(C)C)c2)C[C@@H]1C(=O)NCc1cccc(C(=O)O)c1. The number of amides is 2. The molecule has 35 heavy (non-hydrogen) atoms. The van der Waals surface area contributed by atoms with E-state index in [1.807, 2.05) is 0 Å². The maximum atomic E-state index is 13.0. The highest BCUT2D eigenvalue weighted by Crippen LogP contribution is 2.38. The fraction of sp³-hybridized carbons (Fsp3) is 0.400. The van der Waals surface area contributed by atoms with Crippen LogP contribution in [0.5, 0.6) is 11.5 Å². The van der Waals surface area contributed by atoms with Gasteiger partial charge in [0.1, 0.15) is 6.04 Å². The number of nitrogens with zero attached hydrogens (tertiary/aromatic N) is 1. The molecule has 1 saturated heterocycles. The summed E-state index contributed by atoms with van der Waals surface area (Å²) in [4.78, 5) is 37.9. The number of nitrogens with one attached hydrogen (secondary N) is 1. The van der Waals surface area contributed by atoms with Crippen LogP contribution in [0, 0.1) is 0 Å². The lowest BCUT2D eigenvalue weighted by atomic mass is 9.95. The molecule has 0 spiro atoms. The normalized spacial score (nSPS) is 17.5. The first-order chi connectivity index (χ1) is 16.5. The molecular weight excluding hydrogens is 462 g/mol. The van der Waals surface area contributed by atoms with Crippen LogP contribution in [0.3, 0.4) is 0 Å². The molecule has 8 nitrogen and oxygen atoms in total. The number of carboxylic acid groups (broad SMARTS) is 1. The minimum atomic E-state index is -3.00. The highest BCUT2D eigenvalue weighted by atomic mass is 19.3. The monoisotopic (exact) mass is 490 g/mol. The Kier molecular flexibility index (Phi) is 8.26. The minimum Gasteiger partial charge on any atom is -0.487 e. The summed E-state index contributed by atoms with van der Waals surface area (Å²) in [5, 5.41) is 11.9. The van der Waals surface area contributed by atoms with Crippen molar-refractivity contribution in [2.24, 2.45) is 0 Å². The smallest absolute Gasteiger partial charge is 0.387 e. The van der Waals surface area contributed by atoms with E-state index in [4.69, 9.17) is 9.84 Å². The Labute approximate surface area is 201 Å². The van der Waals surface area contributed by atoms with Crippen molar-refractivity contribution in [3.8, 4) is 11.5 Å². The molecular formula is C25H28F2N2O6. The van der Waals surface area contributed by atoms with E-state index in [1.54, 1.807) is 38.1 Å². The van der Waals surface area contributed by atoms with Crippen LogP contribution in [0.15, 0.2) is 42.5 Å². The number of hydrogen-bond acceptors (Lipinski definition) is 5. The zero-order valence-corrected chi connectivity index (χ0v) is 19.7. The topological polar surface area (TPSA) is 105 Å². The molecule has 2 amide bonds. The van der Waals surface area contributed by atoms with Gasteiger partial charge in [0.15, 0.2) is 11.5 Å². The van der Waals surface area contributed by atoms with Gasteiger partial charge in [0.2, 0.25) is 11.8 Å². The van der Waals surface area contributed by atoms with Crippen LogP contribution in [-0.4, -0.2) is 53.1 Å². The molecule has 0 aliphatic carbocycles. The molecule has 2 atom stereocenters. The molecule has 3 rings (SSSR count). The standard InChI is InChI=1S/C25H28F2N2O6/c1-14(2)34-22-11-17(7-8-21(22)35-25(26)27)19-10-20(29(13-19)15(3)30)23(31)28-12-16-5-4-6-18(9-16)24(32)33/h4-9,11,14,19-20,25H,10,12-13H2,1-3H3,(H,28,31)(H,32,33)/t19?,20-/m1/s1. The summed E-state index contributed by atoms with van der Waals surface area (Å²) in [6.07, 6.45) is 0.0530. The van der Waals surface area contributed by atoms with Crippen molar-refractivity contribution in [2.75, 3.05) is 6.54 Å². The first-order valence-electron chi connectivity index (χ1n) is 11.2. The van der Waals surface area contributed by atoms with Crippen molar-refractivity contribution in [2.45, 2.75) is 58.4 Å². The van der Waals surface area contributed by atoms with Crippen LogP contribution < -0.4 is 14.8 Å². The van der Waals surface area contributed by atoms with E-state index in [-0.39, 0.29) is 54.0 Å². The molecule has 0 radical (unpaired) electrons. The van der Waals surface area contributed by atoms with Gasteiger partial charge in [0.05, 0.1) is 11.7 Å². The number of likely N-dealkylation sites (tertiary alicyclic amines) is 1. The number of benzene rings is 2. The average Bonchev–Trinajstić information content (AvgIpc) is 3.24. The molecule has 1 unspecified atom stereocenters. The number of hydrogen-bond donors (Lipinski definition) is 2. The maximum Gasteiger partial charge on any atom is 0.387 e. The molecule has 0 bridgehead atoms. The quantitative estimate of drug-likeness (QED) is 0.554. The van der Waals surface area contributed by atoms with Crippen molar-refractivity contribution in [3.05, 3.63) is 59.2 Å². The van der Waals surface area contributed by atoms with Crippen molar-refractivity contribution >= 4 is 17.8 Å². The number of ether oxygens (including phenoxy) is 2. The predicted molar refractivity (Wildman–Crippen MR) is 123 cm³/mol. The Balaban J connectivity index is 1.76. The zero-order valence-electron chi connectivity index (χ0n) is 19.7. The van der Waals surface area contributed by atoms with Gasteiger partial charge in [-0.3, -0.25) is 9.59 Å². The summed E-state index contributed by atoms with van der Waals surface area (Å²) < 4.78 is 35.8. The van der Waals surface area contributed by atoms with Crippen molar-refractivity contribution < 1.29 is 37.7 Å². The Morgan fingerprint density at radius 3 is 2.49 bits per heavy atom. The molecule has 1 aliphatic heterocycles. The molecule has 2 aromatic rings. The van der Waals surface area contributed by atoms with Crippen molar-refractivity contribution in [1.82, 2.24) is 10.2 Å². The zero-order chi connectivity index (χ0) is 25.7. The average molecular weight is 491 g/mol. The summed E-state index contributed by atoms with van der Waals surface area (Å²) in [5.74, 6) is -1.84. The van der Waals surface area contributed by atoms with Gasteiger partial charge < -0.3 is 24.8 Å². The third-order valence-electron chi connectivity index (χ3n) is 5.67. The maximum absolute atomic E-state index is 13.0. The Morgan fingerprint density at radius 1 is 1.11 bits per heavy atom. The van der Waals surface area contributed by atoms with Gasteiger partial charge >= 0.3 is 12.6 Å². The molecule has 0 aromatic heterocycles. The van der Waals surface area contributed by atoms with E-state index in [0.29, 0.717) is 12.0 Å². The summed E-state index contributed by atoms with van der Waals surface area (Å²) in [6, 6.07) is 10.1. The molecule has 1 aliphatic rings. The van der Waals surface area contributed by atoms with E-state index in [9.17, 15) is 23.2 Å². The Hall–Kier alpha value is -3.69. The molecule has 1 heterocycles. The van der Waals surface area contributed by atoms with Gasteiger partial charge in [-0.2, -0.15) is 8.78 Å². The number of alkyl halides is 2. The third kappa shape index (κ3) is 6.68. The van der Waals surface area contributed by atoms with E-state index in [2.05, 4.69) is 10.1 Å². The third-order valence-corrected chi connectivity index (χ3v) is 5.67. The molecule has 10 heteroatoms. The lowest BCUT2D eigenvalue weighted by Crippen LogP contribution is -2.44. The number of rotatable bonds is 9. The van der Waals surface area contributed by atoms with Gasteiger partial charge in [0, 0.05) is 25.9 Å². The lowest BCUT2D eigenvalue weighted by molar-refractivity contribution is -0.136. The van der Waals surface area contributed by atoms with E-state index in [0.717, 1.165) is 5.56 Å². The molecule has 1 fully saturated rings. The van der Waals surface area contributed by atoms with Crippen molar-refractivity contribution in [3.63, 3.8) is 0 Å². The lowest BCUT2D eigenvalue weighted by Gasteiger charge is -2.22. The molecule has 2 N–H and O–H groups in total. The van der Waals surface area contributed by atoms with Crippen molar-refractivity contribution in [1.29, 1.82) is 0 Å². The van der Waals surface area contributed by atoms with Gasteiger partial charge in [-0.1, -0.05) is 18.2 Å². The van der Waals surface area contributed by atoms with E-state index < -0.39 is 18.6 Å². The van der Waals surface area contributed by atoms with Gasteiger partial charge in [-0.25, -0.2) is 4.79 Å². The van der Waals surface area contributed by atoms with Crippen LogP contribution in [0.2, 0.25) is 0 Å². The van der Waals surface area contributed by atoms with Crippen LogP contribution in [0.4, 0.5) is 8.78 Å². The van der Waals surface area contributed by atoms with Crippen LogP contribution >= 0.6 is 0 Å². The summed E-state index contributed by atoms with van der Waals surface area (Å²) in [6.45, 7) is 2.29. The summed E-state index contributed by atoms with van der Waals surface area (Å²) >= 11 is 0. The van der Waals surface area contributed by atoms with E-state index >= 15 is 0 Å². The summed E-state index contributed by atoms with van der Waals surface area (Å²) in [5.41, 5.74) is 1.46. The van der Waals surface area contributed by atoms with Crippen LogP contribution in [-0.2, 0) is 16.1 Å². The second kappa shape index (κ2) is 11.2. The Bertz CT molecular complexity index is 1090. The van der Waals surface area contributed by atoms with Crippen LogP contribution in [0.1, 0.15) is 54.6 Å². The highest BCUT2D eigenvalue weighted by molar-refractivity contribution is 5.88. The first-order valence-corrected chi connectivity index (χ1v) is 11.2. The number of halogens is 2. The predicted octanol–water partition coefficient (Wildman–Crippen LogP) is 3.79. The molecule has 0 saturated carbocycles. The fourth-order valence-corrected chi connectivity index (χ4v) is 4.11. The van der Waals surface area contributed by atoms with Gasteiger partial charge in [-0.15, -0.1) is 0 Å². The first kappa shape index (κ1) is 25.9. The number of aromatic carboxylic acids is 1.